The van der Waals surface area contributed by atoms with E-state index in [-0.39, 0.29) is 28.9 Å². The summed E-state index contributed by atoms with van der Waals surface area (Å²) in [6.07, 6.45) is 1.88. The van der Waals surface area contributed by atoms with E-state index in [1.807, 2.05) is 0 Å². The van der Waals surface area contributed by atoms with Gasteiger partial charge in [-0.25, -0.2) is 12.8 Å². The molecule has 3 aromatic rings. The van der Waals surface area contributed by atoms with Crippen molar-refractivity contribution in [2.24, 2.45) is 0 Å². The fraction of sp³-hybridized carbons (Fsp3) is 0.286. The molecule has 22 heavy (non-hydrogen) atoms. The summed E-state index contributed by atoms with van der Waals surface area (Å²) in [7, 11) is -3.02. The molecule has 114 valence electrons. The second kappa shape index (κ2) is 4.64. The van der Waals surface area contributed by atoms with Crippen LogP contribution in [0.3, 0.4) is 0 Å². The van der Waals surface area contributed by atoms with Crippen LogP contribution in [0.4, 0.5) is 4.39 Å². The minimum absolute atomic E-state index is 0.0382. The van der Waals surface area contributed by atoms with Crippen molar-refractivity contribution in [3.63, 3.8) is 0 Å². The van der Waals surface area contributed by atoms with Crippen LogP contribution >= 0.6 is 0 Å². The van der Waals surface area contributed by atoms with Gasteiger partial charge in [-0.2, -0.15) is 4.98 Å². The average molecular weight is 322 g/mol. The number of benzene rings is 1. The van der Waals surface area contributed by atoms with Crippen LogP contribution in [0.5, 0.6) is 0 Å². The van der Waals surface area contributed by atoms with Crippen LogP contribution in [-0.4, -0.2) is 30.1 Å². The second-order valence-corrected chi connectivity index (χ2v) is 7.54. The molecule has 1 atom stereocenters. The van der Waals surface area contributed by atoms with Crippen LogP contribution in [0.25, 0.3) is 22.4 Å². The zero-order chi connectivity index (χ0) is 15.3. The number of hydrogen-bond donors (Lipinski definition) is 0. The van der Waals surface area contributed by atoms with E-state index in [4.69, 9.17) is 8.94 Å². The molecule has 1 aromatic carbocycles. The van der Waals surface area contributed by atoms with Crippen LogP contribution in [0, 0.1) is 5.82 Å². The monoisotopic (exact) mass is 322 g/mol. The summed E-state index contributed by atoms with van der Waals surface area (Å²) < 4.78 is 47.0. The molecule has 0 N–H and O–H groups in total. The molecule has 1 unspecified atom stereocenters. The maximum absolute atomic E-state index is 13.6. The van der Waals surface area contributed by atoms with E-state index in [2.05, 4.69) is 10.1 Å². The summed E-state index contributed by atoms with van der Waals surface area (Å²) in [6, 6.07) is 4.43. The third-order valence-corrected chi connectivity index (χ3v) is 5.61. The molecule has 6 nitrogen and oxygen atoms in total. The Kier molecular flexibility index (Phi) is 2.83. The van der Waals surface area contributed by atoms with Crippen molar-refractivity contribution in [1.82, 2.24) is 10.1 Å². The summed E-state index contributed by atoms with van der Waals surface area (Å²) in [4.78, 5) is 4.28. The molecule has 1 aliphatic rings. The lowest BCUT2D eigenvalue weighted by Gasteiger charge is -1.99. The summed E-state index contributed by atoms with van der Waals surface area (Å²) in [5.41, 5.74) is 0.686. The van der Waals surface area contributed by atoms with E-state index < -0.39 is 15.7 Å². The van der Waals surface area contributed by atoms with Crippen LogP contribution in [0.1, 0.15) is 18.2 Å². The highest BCUT2D eigenvalue weighted by Gasteiger charge is 2.32. The number of fused-ring (bicyclic) bond motifs is 1. The van der Waals surface area contributed by atoms with Gasteiger partial charge in [-0.15, -0.1) is 0 Å². The van der Waals surface area contributed by atoms with Gasteiger partial charge in [0.25, 0.3) is 5.89 Å². The molecule has 0 radical (unpaired) electrons. The molecule has 4 rings (SSSR count). The van der Waals surface area contributed by atoms with Gasteiger partial charge in [-0.3, -0.25) is 0 Å². The lowest BCUT2D eigenvalue weighted by atomic mass is 10.1. The summed E-state index contributed by atoms with van der Waals surface area (Å²) in [6.45, 7) is 0. The molecule has 8 heteroatoms. The third kappa shape index (κ3) is 2.10. The topological polar surface area (TPSA) is 86.2 Å². The predicted octanol–water partition coefficient (Wildman–Crippen LogP) is 2.52. The van der Waals surface area contributed by atoms with Gasteiger partial charge in [0.15, 0.2) is 27.1 Å². The number of nitrogens with zero attached hydrogens (tertiary/aromatic N) is 2. The van der Waals surface area contributed by atoms with E-state index in [0.717, 1.165) is 0 Å². The molecule has 0 amide bonds. The van der Waals surface area contributed by atoms with Crippen molar-refractivity contribution in [3.05, 3.63) is 36.1 Å². The molecule has 1 aliphatic heterocycles. The van der Waals surface area contributed by atoms with Crippen LogP contribution in [0.2, 0.25) is 0 Å². The Morgan fingerprint density at radius 2 is 2.14 bits per heavy atom. The van der Waals surface area contributed by atoms with Crippen molar-refractivity contribution in [2.45, 2.75) is 12.3 Å². The molecule has 0 spiro atoms. The van der Waals surface area contributed by atoms with Crippen LogP contribution < -0.4 is 0 Å². The largest absolute Gasteiger partial charge is 0.461 e. The maximum atomic E-state index is 13.6. The summed E-state index contributed by atoms with van der Waals surface area (Å²) in [5, 5.41) is 4.42. The fourth-order valence-electron chi connectivity index (χ4n) is 2.72. The maximum Gasteiger partial charge on any atom is 0.258 e. The highest BCUT2D eigenvalue weighted by molar-refractivity contribution is 7.91. The Morgan fingerprint density at radius 3 is 2.91 bits per heavy atom. The molecule has 0 bridgehead atoms. The van der Waals surface area contributed by atoms with E-state index in [0.29, 0.717) is 23.2 Å². The summed E-state index contributed by atoms with van der Waals surface area (Å²) in [5.74, 6) is 0.0662. The Morgan fingerprint density at radius 1 is 1.27 bits per heavy atom. The minimum Gasteiger partial charge on any atom is -0.461 e. The van der Waals surface area contributed by atoms with Crippen LogP contribution in [-0.2, 0) is 9.84 Å². The van der Waals surface area contributed by atoms with E-state index in [1.165, 1.54) is 18.4 Å². The molecular weight excluding hydrogens is 311 g/mol. The smallest absolute Gasteiger partial charge is 0.258 e. The molecule has 0 aliphatic carbocycles. The Balaban J connectivity index is 1.75. The fourth-order valence-corrected chi connectivity index (χ4v) is 4.46. The van der Waals surface area contributed by atoms with Crippen molar-refractivity contribution in [3.8, 4) is 11.5 Å². The number of hydrogen-bond acceptors (Lipinski definition) is 6. The third-order valence-electron chi connectivity index (χ3n) is 3.84. The highest BCUT2D eigenvalue weighted by Crippen LogP contribution is 2.32. The minimum atomic E-state index is -3.02. The van der Waals surface area contributed by atoms with Gasteiger partial charge in [0.05, 0.1) is 23.3 Å². The van der Waals surface area contributed by atoms with Crippen molar-refractivity contribution in [1.29, 1.82) is 0 Å². The van der Waals surface area contributed by atoms with Crippen molar-refractivity contribution < 1.29 is 21.7 Å². The average Bonchev–Trinajstić information content (AvgIpc) is 3.17. The highest BCUT2D eigenvalue weighted by atomic mass is 32.2. The van der Waals surface area contributed by atoms with Crippen molar-refractivity contribution >= 4 is 20.8 Å². The van der Waals surface area contributed by atoms with E-state index >= 15 is 0 Å². The number of halogens is 1. The predicted molar refractivity (Wildman–Crippen MR) is 75.5 cm³/mol. The Bertz CT molecular complexity index is 960. The molecule has 0 saturated carbocycles. The quantitative estimate of drug-likeness (QED) is 0.720. The Labute approximate surface area is 124 Å². The van der Waals surface area contributed by atoms with Crippen molar-refractivity contribution in [2.75, 3.05) is 11.5 Å². The zero-order valence-electron chi connectivity index (χ0n) is 11.3. The first-order valence-corrected chi connectivity index (χ1v) is 8.56. The SMILES string of the molecule is O=S1(=O)CCC(c2noc(-c3ccc(F)c4occc34)n2)C1. The lowest BCUT2D eigenvalue weighted by Crippen LogP contribution is -2.05. The molecule has 3 heterocycles. The van der Waals surface area contributed by atoms with Gasteiger partial charge in [0, 0.05) is 11.3 Å². The molecule has 1 saturated heterocycles. The van der Waals surface area contributed by atoms with E-state index in [9.17, 15) is 12.8 Å². The van der Waals surface area contributed by atoms with Gasteiger partial charge in [0.1, 0.15) is 0 Å². The molecule has 2 aromatic heterocycles. The molecular formula is C14H11FN2O4S. The van der Waals surface area contributed by atoms with E-state index in [1.54, 1.807) is 6.07 Å². The van der Waals surface area contributed by atoms with Gasteiger partial charge in [-0.1, -0.05) is 5.16 Å². The number of furan rings is 1. The number of rotatable bonds is 2. The number of aromatic nitrogens is 2. The van der Waals surface area contributed by atoms with Gasteiger partial charge in [-0.05, 0) is 24.6 Å². The first kappa shape index (κ1) is 13.4. The normalized spacial score (nSPS) is 20.7. The molecule has 1 fully saturated rings. The number of sulfone groups is 1. The first-order chi connectivity index (χ1) is 10.5. The first-order valence-electron chi connectivity index (χ1n) is 6.73. The zero-order valence-corrected chi connectivity index (χ0v) is 12.1. The standard InChI is InChI=1S/C14H11FN2O4S/c15-11-2-1-10(9-3-5-20-12(9)11)14-16-13(17-21-14)8-4-6-22(18,19)7-8/h1-3,5,8H,4,6-7H2. The summed E-state index contributed by atoms with van der Waals surface area (Å²) >= 11 is 0. The van der Waals surface area contributed by atoms with Gasteiger partial charge < -0.3 is 8.94 Å². The van der Waals surface area contributed by atoms with Gasteiger partial charge >= 0.3 is 0 Å². The van der Waals surface area contributed by atoms with Crippen LogP contribution in [0.15, 0.2) is 33.4 Å². The van der Waals surface area contributed by atoms with Gasteiger partial charge in [0.2, 0.25) is 0 Å². The Hall–Kier alpha value is -2.22. The second-order valence-electron chi connectivity index (χ2n) is 5.32. The lowest BCUT2D eigenvalue weighted by molar-refractivity contribution is 0.418.